The molecule has 0 saturated heterocycles. The molecule has 1 aromatic carbocycles. The topological polar surface area (TPSA) is 72.2 Å². The number of rotatable bonds is 5. The van der Waals surface area contributed by atoms with Gasteiger partial charge in [-0.15, -0.1) is 0 Å². The van der Waals surface area contributed by atoms with Crippen LogP contribution in [0.25, 0.3) is 0 Å². The van der Waals surface area contributed by atoms with E-state index in [4.69, 9.17) is 17.3 Å². The summed E-state index contributed by atoms with van der Waals surface area (Å²) >= 11 is 5.81. The highest BCUT2D eigenvalue weighted by Gasteiger charge is 2.13. The van der Waals surface area contributed by atoms with E-state index in [0.29, 0.717) is 28.1 Å². The third-order valence-corrected chi connectivity index (χ3v) is 3.79. The summed E-state index contributed by atoms with van der Waals surface area (Å²) in [4.78, 5) is 12.0. The summed E-state index contributed by atoms with van der Waals surface area (Å²) in [5.74, 6) is 0.0112. The van der Waals surface area contributed by atoms with Crippen LogP contribution in [0, 0.1) is 5.92 Å². The van der Waals surface area contributed by atoms with E-state index in [1.54, 1.807) is 12.1 Å². The number of nitrogen functional groups attached to an aromatic ring is 1. The zero-order chi connectivity index (χ0) is 13.7. The monoisotopic (exact) mass is 288 g/mol. The minimum absolute atomic E-state index is 0.0999. The molecule has 0 saturated carbocycles. The van der Waals surface area contributed by atoms with Gasteiger partial charge in [-0.2, -0.15) is 0 Å². The molecule has 6 heteroatoms. The van der Waals surface area contributed by atoms with E-state index in [1.165, 1.54) is 6.07 Å². The lowest BCUT2D eigenvalue weighted by atomic mass is 10.2. The van der Waals surface area contributed by atoms with Crippen LogP contribution in [0.3, 0.4) is 0 Å². The Morgan fingerprint density at radius 1 is 1.50 bits per heavy atom. The molecule has 1 aromatic rings. The lowest BCUT2D eigenvalue weighted by Crippen LogP contribution is -2.31. The summed E-state index contributed by atoms with van der Waals surface area (Å²) in [6, 6.07) is 4.74. The normalized spacial score (nSPS) is 12.4. The largest absolute Gasteiger partial charge is 0.398 e. The summed E-state index contributed by atoms with van der Waals surface area (Å²) in [6.07, 6.45) is 0. The fourth-order valence-corrected chi connectivity index (χ4v) is 2.59. The maximum Gasteiger partial charge on any atom is 0.233 e. The molecular weight excluding hydrogens is 272 g/mol. The van der Waals surface area contributed by atoms with Crippen molar-refractivity contribution in [3.8, 4) is 0 Å². The minimum atomic E-state index is -1.47. The number of anilines is 1. The Balaban J connectivity index is 2.65. The van der Waals surface area contributed by atoms with Crippen LogP contribution in [0.15, 0.2) is 23.1 Å². The molecular formula is C12H17ClN2O2S. The molecule has 1 rings (SSSR count). The van der Waals surface area contributed by atoms with Crippen molar-refractivity contribution >= 4 is 34.0 Å². The van der Waals surface area contributed by atoms with Crippen LogP contribution in [-0.2, 0) is 15.6 Å². The second-order valence-corrected chi connectivity index (χ2v) is 6.23. The highest BCUT2D eigenvalue weighted by molar-refractivity contribution is 7.86. The molecule has 100 valence electrons. The molecule has 1 atom stereocenters. The molecule has 0 radical (unpaired) electrons. The molecule has 0 fully saturated rings. The van der Waals surface area contributed by atoms with Crippen molar-refractivity contribution in [2.75, 3.05) is 18.0 Å². The second-order valence-electron chi connectivity index (χ2n) is 4.37. The maximum atomic E-state index is 12.0. The maximum absolute atomic E-state index is 12.0. The third kappa shape index (κ3) is 4.66. The van der Waals surface area contributed by atoms with Crippen molar-refractivity contribution in [3.05, 3.63) is 23.2 Å². The first-order valence-electron chi connectivity index (χ1n) is 5.60. The van der Waals surface area contributed by atoms with E-state index in [-0.39, 0.29) is 11.7 Å². The van der Waals surface area contributed by atoms with Gasteiger partial charge in [0.05, 0.1) is 15.7 Å². The van der Waals surface area contributed by atoms with Crippen LogP contribution in [0.4, 0.5) is 5.69 Å². The highest BCUT2D eigenvalue weighted by atomic mass is 35.5. The first-order chi connectivity index (χ1) is 8.40. The van der Waals surface area contributed by atoms with Crippen LogP contribution < -0.4 is 11.1 Å². The average molecular weight is 289 g/mol. The fraction of sp³-hybridized carbons (Fsp3) is 0.417. The van der Waals surface area contributed by atoms with Gasteiger partial charge in [-0.25, -0.2) is 0 Å². The smallest absolute Gasteiger partial charge is 0.233 e. The fourth-order valence-electron chi connectivity index (χ4n) is 1.27. The number of carbonyl (C=O) groups is 1. The van der Waals surface area contributed by atoms with Gasteiger partial charge >= 0.3 is 0 Å². The molecule has 0 bridgehead atoms. The number of hydrogen-bond donors (Lipinski definition) is 2. The molecule has 4 nitrogen and oxygen atoms in total. The van der Waals surface area contributed by atoms with E-state index >= 15 is 0 Å². The van der Waals surface area contributed by atoms with Gasteiger partial charge in [0.1, 0.15) is 5.75 Å². The Labute approximate surface area is 114 Å². The summed E-state index contributed by atoms with van der Waals surface area (Å²) in [5.41, 5.74) is 6.09. The quantitative estimate of drug-likeness (QED) is 0.812. The van der Waals surface area contributed by atoms with E-state index in [9.17, 15) is 9.00 Å². The first-order valence-corrected chi connectivity index (χ1v) is 7.30. The standard InChI is InChI=1S/C12H17ClN2O2S/c1-8(2)6-15-12(16)7-18(17)11-5-9(13)3-4-10(11)14/h3-5,8H,6-7,14H2,1-2H3,(H,15,16). The van der Waals surface area contributed by atoms with Crippen molar-refractivity contribution in [2.45, 2.75) is 18.7 Å². The molecule has 0 spiro atoms. The van der Waals surface area contributed by atoms with Crippen LogP contribution in [0.2, 0.25) is 5.02 Å². The Kier molecular flexibility index (Phi) is 5.62. The Morgan fingerprint density at radius 2 is 2.17 bits per heavy atom. The van der Waals surface area contributed by atoms with E-state index < -0.39 is 10.8 Å². The van der Waals surface area contributed by atoms with Crippen LogP contribution >= 0.6 is 11.6 Å². The molecule has 0 heterocycles. The second kappa shape index (κ2) is 6.75. The van der Waals surface area contributed by atoms with Gasteiger partial charge in [-0.05, 0) is 24.1 Å². The van der Waals surface area contributed by atoms with Crippen LogP contribution in [0.1, 0.15) is 13.8 Å². The number of nitrogens with two attached hydrogens (primary N) is 1. The highest BCUT2D eigenvalue weighted by Crippen LogP contribution is 2.21. The lowest BCUT2D eigenvalue weighted by molar-refractivity contribution is -0.118. The summed E-state index contributed by atoms with van der Waals surface area (Å²) in [6.45, 7) is 4.56. The van der Waals surface area contributed by atoms with Gasteiger partial charge in [-0.1, -0.05) is 25.4 Å². The Morgan fingerprint density at radius 3 is 2.78 bits per heavy atom. The number of halogens is 1. The number of nitrogens with one attached hydrogen (secondary N) is 1. The summed E-state index contributed by atoms with van der Waals surface area (Å²) in [5, 5.41) is 3.16. The van der Waals surface area contributed by atoms with Gasteiger partial charge in [-0.3, -0.25) is 9.00 Å². The molecule has 1 unspecified atom stereocenters. The van der Waals surface area contributed by atoms with Gasteiger partial charge in [0.25, 0.3) is 0 Å². The van der Waals surface area contributed by atoms with Crippen LogP contribution in [0.5, 0.6) is 0 Å². The number of hydrogen-bond acceptors (Lipinski definition) is 3. The van der Waals surface area contributed by atoms with Crippen molar-refractivity contribution < 1.29 is 9.00 Å². The molecule has 0 aliphatic rings. The molecule has 1 amide bonds. The molecule has 0 aliphatic heterocycles. The van der Waals surface area contributed by atoms with E-state index in [1.807, 2.05) is 13.8 Å². The minimum Gasteiger partial charge on any atom is -0.398 e. The van der Waals surface area contributed by atoms with Crippen LogP contribution in [-0.4, -0.2) is 22.4 Å². The molecule has 18 heavy (non-hydrogen) atoms. The number of benzene rings is 1. The van der Waals surface area contributed by atoms with Gasteiger partial charge in [0.2, 0.25) is 5.91 Å². The molecule has 3 N–H and O–H groups in total. The van der Waals surface area contributed by atoms with Crippen molar-refractivity contribution in [1.29, 1.82) is 0 Å². The number of amides is 1. The lowest BCUT2D eigenvalue weighted by Gasteiger charge is -2.09. The van der Waals surface area contributed by atoms with Gasteiger partial charge in [0.15, 0.2) is 0 Å². The zero-order valence-corrected chi connectivity index (χ0v) is 12.0. The van der Waals surface area contributed by atoms with Crippen molar-refractivity contribution in [1.82, 2.24) is 5.32 Å². The first kappa shape index (κ1) is 15.0. The van der Waals surface area contributed by atoms with Gasteiger partial charge in [0, 0.05) is 17.3 Å². The Hall–Kier alpha value is -1.07. The summed E-state index contributed by atoms with van der Waals surface area (Å²) in [7, 11) is -1.47. The zero-order valence-electron chi connectivity index (χ0n) is 10.4. The van der Waals surface area contributed by atoms with Gasteiger partial charge < -0.3 is 11.1 Å². The number of carbonyl (C=O) groups excluding carboxylic acids is 1. The average Bonchev–Trinajstić information content (AvgIpc) is 2.29. The van der Waals surface area contributed by atoms with E-state index in [2.05, 4.69) is 5.32 Å². The summed E-state index contributed by atoms with van der Waals surface area (Å²) < 4.78 is 12.0. The predicted molar refractivity (Wildman–Crippen MR) is 75.0 cm³/mol. The van der Waals surface area contributed by atoms with Crippen molar-refractivity contribution in [2.24, 2.45) is 5.92 Å². The van der Waals surface area contributed by atoms with Crippen molar-refractivity contribution in [3.63, 3.8) is 0 Å². The molecule has 0 aliphatic carbocycles. The van der Waals surface area contributed by atoms with E-state index in [0.717, 1.165) is 0 Å². The SMILES string of the molecule is CC(C)CNC(=O)CS(=O)c1cc(Cl)ccc1N. The Bertz CT molecular complexity index is 463. The predicted octanol–water partition coefficient (Wildman–Crippen LogP) is 1.80. The molecule has 0 aromatic heterocycles. The third-order valence-electron chi connectivity index (χ3n) is 2.19.